The first-order chi connectivity index (χ1) is 15.6. The first kappa shape index (κ1) is 24.5. The Balaban J connectivity index is 1.58. The van der Waals surface area contributed by atoms with Gasteiger partial charge in [-0.15, -0.1) is 0 Å². The molecule has 1 aromatic carbocycles. The van der Waals surface area contributed by atoms with Gasteiger partial charge in [0.25, 0.3) is 0 Å². The van der Waals surface area contributed by atoms with Crippen LogP contribution in [0.2, 0.25) is 0 Å². The zero-order chi connectivity index (χ0) is 23.0. The van der Waals surface area contributed by atoms with E-state index in [-0.39, 0.29) is 0 Å². The molecule has 2 fully saturated rings. The summed E-state index contributed by atoms with van der Waals surface area (Å²) in [5, 5.41) is 3.50. The lowest BCUT2D eigenvalue weighted by molar-refractivity contribution is 0.169. The van der Waals surface area contributed by atoms with E-state index in [0.717, 1.165) is 70.4 Å². The van der Waals surface area contributed by atoms with E-state index in [1.165, 1.54) is 12.8 Å². The molecule has 0 spiro atoms. The van der Waals surface area contributed by atoms with Crippen LogP contribution in [0, 0.1) is 5.41 Å². The van der Waals surface area contributed by atoms with Crippen LogP contribution in [0.3, 0.4) is 0 Å². The van der Waals surface area contributed by atoms with Gasteiger partial charge < -0.3 is 29.2 Å². The summed E-state index contributed by atoms with van der Waals surface area (Å²) in [7, 11) is 6.72. The maximum Gasteiger partial charge on any atom is 0.203 e. The lowest BCUT2D eigenvalue weighted by Crippen LogP contribution is -2.52. The molecule has 3 rings (SSSR count). The van der Waals surface area contributed by atoms with Crippen LogP contribution >= 0.6 is 0 Å². The van der Waals surface area contributed by atoms with Crippen LogP contribution in [0.4, 0.5) is 0 Å². The van der Waals surface area contributed by atoms with Crippen LogP contribution < -0.4 is 19.5 Å². The van der Waals surface area contributed by atoms with E-state index in [0.29, 0.717) is 22.7 Å². The number of guanidine groups is 1. The molecular formula is C24H40N4O4. The summed E-state index contributed by atoms with van der Waals surface area (Å²) in [6.45, 7) is 9.46. The predicted molar refractivity (Wildman–Crippen MR) is 127 cm³/mol. The summed E-state index contributed by atoms with van der Waals surface area (Å²) in [6.07, 6.45) is 3.64. The van der Waals surface area contributed by atoms with Gasteiger partial charge >= 0.3 is 0 Å². The van der Waals surface area contributed by atoms with Crippen LogP contribution in [0.15, 0.2) is 17.1 Å². The minimum atomic E-state index is 0.366. The largest absolute Gasteiger partial charge is 0.493 e. The molecule has 8 heteroatoms. The number of aliphatic imine (C=N–C) groups is 1. The molecule has 0 radical (unpaired) electrons. The van der Waals surface area contributed by atoms with E-state index in [4.69, 9.17) is 23.9 Å². The van der Waals surface area contributed by atoms with Crippen molar-refractivity contribution < 1.29 is 18.9 Å². The Morgan fingerprint density at radius 1 is 1.00 bits per heavy atom. The highest BCUT2D eigenvalue weighted by Gasteiger charge is 2.42. The fraction of sp³-hybridized carbons (Fsp3) is 0.708. The molecule has 32 heavy (non-hydrogen) atoms. The number of methoxy groups -OCH3 is 4. The first-order valence-electron chi connectivity index (χ1n) is 11.6. The lowest BCUT2D eigenvalue weighted by Gasteiger charge is -2.36. The van der Waals surface area contributed by atoms with Gasteiger partial charge in [0.1, 0.15) is 0 Å². The van der Waals surface area contributed by atoms with Crippen molar-refractivity contribution in [1.82, 2.24) is 15.1 Å². The number of benzene rings is 1. The molecule has 1 saturated heterocycles. The first-order valence-corrected chi connectivity index (χ1v) is 11.6. The molecule has 0 unspecified atom stereocenters. The second-order valence-electron chi connectivity index (χ2n) is 8.71. The Bertz CT molecular complexity index is 733. The molecule has 1 N–H and O–H groups in total. The topological polar surface area (TPSA) is 67.8 Å². The Hall–Kier alpha value is -2.19. The molecule has 1 heterocycles. The number of nitrogens with zero attached hydrogens (tertiary/aromatic N) is 3. The summed E-state index contributed by atoms with van der Waals surface area (Å²) in [5.41, 5.74) is 1.52. The van der Waals surface area contributed by atoms with Gasteiger partial charge in [-0.2, -0.15) is 0 Å². The van der Waals surface area contributed by atoms with Crippen molar-refractivity contribution in [1.29, 1.82) is 0 Å². The standard InChI is InChI=1S/C24H40N4O4/c1-6-25-23(26-18-24(7-8-24)9-14-29-2)28-12-10-27(11-13-28)17-19-15-20(30-3)22(32-5)21(16-19)31-4/h15-16H,6-14,17-18H2,1-5H3,(H,25,26). The molecule has 8 nitrogen and oxygen atoms in total. The van der Waals surface area contributed by atoms with Gasteiger partial charge in [-0.25, -0.2) is 0 Å². The molecule has 0 amide bonds. The SMILES string of the molecule is CCNC(=NCC1(CCOC)CC1)N1CCN(Cc2cc(OC)c(OC)c(OC)c2)CC1. The minimum Gasteiger partial charge on any atom is -0.493 e. The molecule has 180 valence electrons. The number of piperazine rings is 1. The predicted octanol–water partition coefficient (Wildman–Crippen LogP) is 2.61. The molecule has 0 atom stereocenters. The number of nitrogens with one attached hydrogen (secondary N) is 1. The molecule has 0 bridgehead atoms. The monoisotopic (exact) mass is 448 g/mol. The summed E-state index contributed by atoms with van der Waals surface area (Å²) in [4.78, 5) is 9.86. The summed E-state index contributed by atoms with van der Waals surface area (Å²) < 4.78 is 21.7. The van der Waals surface area contributed by atoms with Crippen molar-refractivity contribution in [3.63, 3.8) is 0 Å². The van der Waals surface area contributed by atoms with E-state index >= 15 is 0 Å². The second-order valence-corrected chi connectivity index (χ2v) is 8.71. The van der Waals surface area contributed by atoms with Gasteiger partial charge in [-0.1, -0.05) is 0 Å². The molecule has 1 aromatic rings. The van der Waals surface area contributed by atoms with Crippen LogP contribution in [0.5, 0.6) is 17.2 Å². The lowest BCUT2D eigenvalue weighted by atomic mass is 10.0. The normalized spacial score (nSPS) is 18.4. The van der Waals surface area contributed by atoms with Crippen molar-refractivity contribution in [2.75, 3.05) is 74.3 Å². The van der Waals surface area contributed by atoms with Gasteiger partial charge in [0.2, 0.25) is 5.75 Å². The highest BCUT2D eigenvalue weighted by Crippen LogP contribution is 2.49. The van der Waals surface area contributed by atoms with Gasteiger partial charge in [-0.3, -0.25) is 9.89 Å². The fourth-order valence-electron chi connectivity index (χ4n) is 4.25. The summed E-state index contributed by atoms with van der Waals surface area (Å²) in [5.74, 6) is 3.08. The number of ether oxygens (including phenoxy) is 4. The molecule has 1 aliphatic carbocycles. The minimum absolute atomic E-state index is 0.366. The van der Waals surface area contributed by atoms with Gasteiger partial charge in [0.15, 0.2) is 17.5 Å². The van der Waals surface area contributed by atoms with Crippen LogP contribution in [-0.4, -0.2) is 90.1 Å². The second kappa shape index (κ2) is 11.6. The number of hydrogen-bond donors (Lipinski definition) is 1. The average Bonchev–Trinajstić information content (AvgIpc) is 3.60. The third-order valence-electron chi connectivity index (χ3n) is 6.50. The molecule has 2 aliphatic rings. The van der Waals surface area contributed by atoms with Gasteiger partial charge in [-0.05, 0) is 49.3 Å². The van der Waals surface area contributed by atoms with Gasteiger partial charge in [0, 0.05) is 59.5 Å². The fourth-order valence-corrected chi connectivity index (χ4v) is 4.25. The number of hydrogen-bond acceptors (Lipinski definition) is 6. The smallest absolute Gasteiger partial charge is 0.203 e. The summed E-state index contributed by atoms with van der Waals surface area (Å²) >= 11 is 0. The van der Waals surface area contributed by atoms with E-state index in [1.807, 2.05) is 12.1 Å². The third-order valence-corrected chi connectivity index (χ3v) is 6.50. The van der Waals surface area contributed by atoms with E-state index in [2.05, 4.69) is 22.0 Å². The van der Waals surface area contributed by atoms with Crippen molar-refractivity contribution in [2.45, 2.75) is 32.7 Å². The number of rotatable bonds is 11. The van der Waals surface area contributed by atoms with E-state index in [9.17, 15) is 0 Å². The highest BCUT2D eigenvalue weighted by molar-refractivity contribution is 5.80. The van der Waals surface area contributed by atoms with Crippen molar-refractivity contribution in [3.8, 4) is 17.2 Å². The quantitative estimate of drug-likeness (QED) is 0.412. The zero-order valence-electron chi connectivity index (χ0n) is 20.4. The third kappa shape index (κ3) is 6.19. The highest BCUT2D eigenvalue weighted by atomic mass is 16.5. The summed E-state index contributed by atoms with van der Waals surface area (Å²) in [6, 6.07) is 4.07. The van der Waals surface area contributed by atoms with Gasteiger partial charge in [0.05, 0.1) is 21.3 Å². The van der Waals surface area contributed by atoms with E-state index in [1.54, 1.807) is 28.4 Å². The Morgan fingerprint density at radius 2 is 1.66 bits per heavy atom. The zero-order valence-corrected chi connectivity index (χ0v) is 20.4. The Morgan fingerprint density at radius 3 is 2.16 bits per heavy atom. The molecule has 1 saturated carbocycles. The van der Waals surface area contributed by atoms with Crippen LogP contribution in [-0.2, 0) is 11.3 Å². The van der Waals surface area contributed by atoms with Crippen molar-refractivity contribution in [3.05, 3.63) is 17.7 Å². The average molecular weight is 449 g/mol. The molecular weight excluding hydrogens is 408 g/mol. The Labute approximate surface area is 192 Å². The molecule has 0 aromatic heterocycles. The van der Waals surface area contributed by atoms with Crippen LogP contribution in [0.1, 0.15) is 31.7 Å². The van der Waals surface area contributed by atoms with Crippen LogP contribution in [0.25, 0.3) is 0 Å². The maximum absolute atomic E-state index is 5.50. The van der Waals surface area contributed by atoms with Crippen molar-refractivity contribution in [2.24, 2.45) is 10.4 Å². The molecule has 1 aliphatic heterocycles. The Kier molecular flexibility index (Phi) is 8.87. The maximum atomic E-state index is 5.50. The van der Waals surface area contributed by atoms with Crippen molar-refractivity contribution >= 4 is 5.96 Å². The van der Waals surface area contributed by atoms with E-state index < -0.39 is 0 Å².